The molecule has 0 bridgehead atoms. The summed E-state index contributed by atoms with van der Waals surface area (Å²) in [4.78, 5) is 22.8. The van der Waals surface area contributed by atoms with Crippen LogP contribution < -0.4 is 4.74 Å². The Bertz CT molecular complexity index is 432. The van der Waals surface area contributed by atoms with Crippen LogP contribution in [0.4, 0.5) is 0 Å². The van der Waals surface area contributed by atoms with E-state index in [1.807, 2.05) is 0 Å². The summed E-state index contributed by atoms with van der Waals surface area (Å²) in [6.07, 6.45) is 0.554. The summed E-state index contributed by atoms with van der Waals surface area (Å²) < 4.78 is 5.01. The van der Waals surface area contributed by atoms with Crippen molar-refractivity contribution in [1.82, 2.24) is 0 Å². The van der Waals surface area contributed by atoms with Crippen molar-refractivity contribution in [1.29, 1.82) is 0 Å². The average Bonchev–Trinajstić information content (AvgIpc) is 2.36. The van der Waals surface area contributed by atoms with Gasteiger partial charge in [-0.2, -0.15) is 0 Å². The molecule has 0 aromatic heterocycles. The first-order chi connectivity index (χ1) is 8.36. The maximum absolute atomic E-state index is 11.9. The van der Waals surface area contributed by atoms with E-state index in [-0.39, 0.29) is 12.2 Å². The number of hydrogen-bond acceptors (Lipinski definition) is 3. The molecule has 0 aliphatic rings. The van der Waals surface area contributed by atoms with Gasteiger partial charge in [0.25, 0.3) is 0 Å². The Labute approximate surface area is 107 Å². The van der Waals surface area contributed by atoms with E-state index < -0.39 is 11.4 Å². The van der Waals surface area contributed by atoms with E-state index in [0.29, 0.717) is 17.7 Å². The first-order valence-electron chi connectivity index (χ1n) is 5.77. The van der Waals surface area contributed by atoms with E-state index in [9.17, 15) is 9.59 Å². The van der Waals surface area contributed by atoms with Gasteiger partial charge in [0.2, 0.25) is 0 Å². The molecule has 1 N–H and O–H groups in total. The molecule has 0 radical (unpaired) electrons. The highest BCUT2D eigenvalue weighted by Gasteiger charge is 2.27. The van der Waals surface area contributed by atoms with Crippen LogP contribution >= 0.6 is 0 Å². The molecule has 0 aliphatic heterocycles. The molecule has 4 nitrogen and oxygen atoms in total. The molecule has 98 valence electrons. The van der Waals surface area contributed by atoms with Crippen LogP contribution in [0.15, 0.2) is 24.3 Å². The maximum atomic E-state index is 11.9. The van der Waals surface area contributed by atoms with Gasteiger partial charge in [0.05, 0.1) is 12.5 Å². The Balaban J connectivity index is 2.63. The summed E-state index contributed by atoms with van der Waals surface area (Å²) >= 11 is 0. The van der Waals surface area contributed by atoms with Gasteiger partial charge in [-0.3, -0.25) is 9.59 Å². The van der Waals surface area contributed by atoms with Gasteiger partial charge < -0.3 is 9.84 Å². The van der Waals surface area contributed by atoms with Crippen LogP contribution in [0.25, 0.3) is 0 Å². The monoisotopic (exact) mass is 250 g/mol. The zero-order chi connectivity index (χ0) is 13.8. The van der Waals surface area contributed by atoms with Crippen LogP contribution in [-0.2, 0) is 4.79 Å². The minimum absolute atomic E-state index is 0.0491. The summed E-state index contributed by atoms with van der Waals surface area (Å²) in [5.74, 6) is -0.241. The lowest BCUT2D eigenvalue weighted by atomic mass is 9.86. The molecule has 18 heavy (non-hydrogen) atoms. The molecule has 0 heterocycles. The minimum atomic E-state index is -0.884. The highest BCUT2D eigenvalue weighted by molar-refractivity contribution is 5.96. The van der Waals surface area contributed by atoms with E-state index >= 15 is 0 Å². The molecule has 0 atom stereocenters. The predicted octanol–water partition coefficient (Wildman–Crippen LogP) is 2.77. The lowest BCUT2D eigenvalue weighted by Gasteiger charge is -2.18. The molecular weight excluding hydrogens is 232 g/mol. The third-order valence-corrected chi connectivity index (χ3v) is 2.97. The van der Waals surface area contributed by atoms with E-state index in [1.165, 1.54) is 0 Å². The second-order valence-electron chi connectivity index (χ2n) is 4.84. The van der Waals surface area contributed by atoms with Crippen molar-refractivity contribution >= 4 is 11.8 Å². The zero-order valence-corrected chi connectivity index (χ0v) is 10.9. The smallest absolute Gasteiger partial charge is 0.309 e. The third-order valence-electron chi connectivity index (χ3n) is 2.97. The topological polar surface area (TPSA) is 63.6 Å². The third kappa shape index (κ3) is 3.58. The van der Waals surface area contributed by atoms with Crippen molar-refractivity contribution < 1.29 is 19.4 Å². The molecule has 0 aliphatic carbocycles. The number of rotatable bonds is 6. The number of benzene rings is 1. The van der Waals surface area contributed by atoms with E-state index in [4.69, 9.17) is 9.84 Å². The number of ketones is 1. The number of aliphatic carboxylic acids is 1. The highest BCUT2D eigenvalue weighted by Crippen LogP contribution is 2.24. The van der Waals surface area contributed by atoms with Gasteiger partial charge in [-0.25, -0.2) is 0 Å². The Hall–Kier alpha value is -1.84. The molecular formula is C14H18O4. The fourth-order valence-corrected chi connectivity index (χ4v) is 1.45. The number of carbonyl (C=O) groups excluding carboxylic acids is 1. The van der Waals surface area contributed by atoms with Crippen LogP contribution in [0.2, 0.25) is 0 Å². The van der Waals surface area contributed by atoms with Crippen LogP contribution in [0.5, 0.6) is 5.75 Å². The van der Waals surface area contributed by atoms with Crippen LogP contribution in [0.1, 0.15) is 37.0 Å². The fraction of sp³-hybridized carbons (Fsp3) is 0.429. The summed E-state index contributed by atoms with van der Waals surface area (Å²) in [6.45, 7) is 3.24. The molecule has 1 aromatic carbocycles. The van der Waals surface area contributed by atoms with Crippen molar-refractivity contribution in [2.45, 2.75) is 26.7 Å². The summed E-state index contributed by atoms with van der Waals surface area (Å²) in [7, 11) is 1.56. The van der Waals surface area contributed by atoms with Gasteiger partial charge in [0, 0.05) is 12.0 Å². The first kappa shape index (κ1) is 14.2. The normalized spacial score (nSPS) is 11.1. The Morgan fingerprint density at radius 3 is 2.22 bits per heavy atom. The molecule has 0 saturated carbocycles. The SMILES string of the molecule is COc1ccc(C(=O)CCC(C)(C)C(=O)O)cc1. The van der Waals surface area contributed by atoms with E-state index in [2.05, 4.69) is 0 Å². The molecule has 0 unspecified atom stereocenters. The zero-order valence-electron chi connectivity index (χ0n) is 10.9. The number of carboxylic acids is 1. The second-order valence-corrected chi connectivity index (χ2v) is 4.84. The molecule has 0 spiro atoms. The van der Waals surface area contributed by atoms with E-state index in [0.717, 1.165) is 0 Å². The molecule has 0 saturated heterocycles. The average molecular weight is 250 g/mol. The standard InChI is InChI=1S/C14H18O4/c1-14(2,13(16)17)9-8-12(15)10-4-6-11(18-3)7-5-10/h4-7H,8-9H2,1-3H3,(H,16,17). The predicted molar refractivity (Wildman–Crippen MR) is 68.0 cm³/mol. The number of Topliss-reactive ketones (excluding diaryl/α,β-unsaturated/α-hetero) is 1. The van der Waals surface area contributed by atoms with Crippen LogP contribution in [0, 0.1) is 5.41 Å². The summed E-state index contributed by atoms with van der Waals surface area (Å²) in [5.41, 5.74) is -0.292. The van der Waals surface area contributed by atoms with Crippen molar-refractivity contribution in [2.24, 2.45) is 5.41 Å². The molecule has 0 fully saturated rings. The number of carboxylic acid groups (broad SMARTS) is 1. The highest BCUT2D eigenvalue weighted by atomic mass is 16.5. The van der Waals surface area contributed by atoms with Gasteiger partial charge in [-0.1, -0.05) is 0 Å². The summed E-state index contributed by atoms with van der Waals surface area (Å²) in [5, 5.41) is 8.97. The Morgan fingerprint density at radius 2 is 1.78 bits per heavy atom. The van der Waals surface area contributed by atoms with Crippen molar-refractivity contribution in [3.05, 3.63) is 29.8 Å². The number of methoxy groups -OCH3 is 1. The number of carbonyl (C=O) groups is 2. The van der Waals surface area contributed by atoms with Crippen molar-refractivity contribution in [3.8, 4) is 5.75 Å². The number of hydrogen-bond donors (Lipinski definition) is 1. The Kier molecular flexibility index (Phi) is 4.48. The maximum Gasteiger partial charge on any atom is 0.309 e. The molecule has 1 aromatic rings. The quantitative estimate of drug-likeness (QED) is 0.788. The van der Waals surface area contributed by atoms with Crippen molar-refractivity contribution in [2.75, 3.05) is 7.11 Å². The van der Waals surface area contributed by atoms with Crippen LogP contribution in [0.3, 0.4) is 0 Å². The van der Waals surface area contributed by atoms with Gasteiger partial charge in [-0.15, -0.1) is 0 Å². The Morgan fingerprint density at radius 1 is 1.22 bits per heavy atom. The summed E-state index contributed by atoms with van der Waals surface area (Å²) in [6, 6.07) is 6.81. The molecule has 1 rings (SSSR count). The first-order valence-corrected chi connectivity index (χ1v) is 5.77. The lowest BCUT2D eigenvalue weighted by molar-refractivity contribution is -0.147. The van der Waals surface area contributed by atoms with Gasteiger partial charge >= 0.3 is 5.97 Å². The minimum Gasteiger partial charge on any atom is -0.497 e. The largest absolute Gasteiger partial charge is 0.497 e. The lowest BCUT2D eigenvalue weighted by Crippen LogP contribution is -2.24. The van der Waals surface area contributed by atoms with Gasteiger partial charge in [0.15, 0.2) is 5.78 Å². The van der Waals surface area contributed by atoms with Crippen molar-refractivity contribution in [3.63, 3.8) is 0 Å². The molecule has 0 amide bonds. The van der Waals surface area contributed by atoms with Crippen LogP contribution in [-0.4, -0.2) is 24.0 Å². The number of ether oxygens (including phenoxy) is 1. The van der Waals surface area contributed by atoms with E-state index in [1.54, 1.807) is 45.2 Å². The fourth-order valence-electron chi connectivity index (χ4n) is 1.45. The van der Waals surface area contributed by atoms with Gasteiger partial charge in [0.1, 0.15) is 5.75 Å². The van der Waals surface area contributed by atoms with Gasteiger partial charge in [-0.05, 0) is 44.5 Å². The molecule has 4 heteroatoms. The second kappa shape index (κ2) is 5.67.